The van der Waals surface area contributed by atoms with Gasteiger partial charge in [-0.1, -0.05) is 6.07 Å². The quantitative estimate of drug-likeness (QED) is 0.425. The molecule has 2 aromatic carbocycles. The van der Waals surface area contributed by atoms with E-state index in [0.29, 0.717) is 0 Å². The van der Waals surface area contributed by atoms with E-state index in [0.717, 1.165) is 18.2 Å². The van der Waals surface area contributed by atoms with Crippen LogP contribution >= 0.6 is 0 Å². The van der Waals surface area contributed by atoms with E-state index >= 15 is 0 Å². The fourth-order valence-corrected chi connectivity index (χ4v) is 2.37. The van der Waals surface area contributed by atoms with Crippen molar-refractivity contribution in [3.63, 3.8) is 0 Å². The van der Waals surface area contributed by atoms with Crippen LogP contribution in [0.2, 0.25) is 0 Å². The minimum Gasteiger partial charge on any atom is -0.386 e. The molecular formula is C15H10F5N3O5. The van der Waals surface area contributed by atoms with Crippen LogP contribution in [-0.4, -0.2) is 21.5 Å². The summed E-state index contributed by atoms with van der Waals surface area (Å²) >= 11 is 0. The van der Waals surface area contributed by atoms with Crippen molar-refractivity contribution < 1.29 is 36.9 Å². The molecule has 0 fully saturated rings. The third-order valence-corrected chi connectivity index (χ3v) is 3.62. The zero-order chi connectivity index (χ0) is 21.2. The standard InChI is InChI=1S/C15H10F5N3O5/c16-8-2-1-3-9(17)13(8)12(24)6-21-14-10(22(25)26)4-7(15(18,19)20)5-11(14)23(27)28/h1-5,12,21,24H,6H2. The minimum absolute atomic E-state index is 0.0748. The van der Waals surface area contributed by atoms with E-state index in [9.17, 15) is 47.3 Å². The van der Waals surface area contributed by atoms with Crippen molar-refractivity contribution in [2.75, 3.05) is 11.9 Å². The van der Waals surface area contributed by atoms with E-state index in [1.165, 1.54) is 0 Å². The van der Waals surface area contributed by atoms with E-state index < -0.39 is 68.5 Å². The number of benzene rings is 2. The maximum absolute atomic E-state index is 13.7. The van der Waals surface area contributed by atoms with E-state index in [2.05, 4.69) is 0 Å². The largest absolute Gasteiger partial charge is 0.416 e. The molecule has 1 atom stereocenters. The second kappa shape index (κ2) is 7.72. The first-order chi connectivity index (χ1) is 12.9. The Balaban J connectivity index is 2.47. The minimum atomic E-state index is -5.09. The average Bonchev–Trinajstić information content (AvgIpc) is 2.57. The van der Waals surface area contributed by atoms with Crippen molar-refractivity contribution in [2.24, 2.45) is 0 Å². The van der Waals surface area contributed by atoms with Crippen LogP contribution < -0.4 is 5.32 Å². The molecule has 0 saturated carbocycles. The lowest BCUT2D eigenvalue weighted by molar-refractivity contribution is -0.392. The van der Waals surface area contributed by atoms with Gasteiger partial charge in [-0.3, -0.25) is 20.2 Å². The maximum Gasteiger partial charge on any atom is 0.416 e. The molecule has 0 aliphatic rings. The number of alkyl halides is 3. The molecule has 2 aromatic rings. The summed E-state index contributed by atoms with van der Waals surface area (Å²) in [5.74, 6) is -2.29. The molecule has 2 rings (SSSR count). The van der Waals surface area contributed by atoms with Crippen LogP contribution in [-0.2, 0) is 6.18 Å². The number of nitrogens with zero attached hydrogens (tertiary/aromatic N) is 2. The van der Waals surface area contributed by atoms with Gasteiger partial charge in [-0.05, 0) is 12.1 Å². The zero-order valence-corrected chi connectivity index (χ0v) is 13.5. The van der Waals surface area contributed by atoms with E-state index in [1.807, 2.05) is 5.32 Å². The van der Waals surface area contributed by atoms with Gasteiger partial charge in [-0.15, -0.1) is 0 Å². The molecular weight excluding hydrogens is 397 g/mol. The number of rotatable bonds is 6. The van der Waals surface area contributed by atoms with Crippen LogP contribution in [0.1, 0.15) is 17.2 Å². The third kappa shape index (κ3) is 4.31. The number of aliphatic hydroxyl groups is 1. The molecule has 2 N–H and O–H groups in total. The van der Waals surface area contributed by atoms with Crippen molar-refractivity contribution >= 4 is 17.1 Å². The molecule has 0 saturated heterocycles. The van der Waals surface area contributed by atoms with E-state index in [1.54, 1.807) is 0 Å². The molecule has 150 valence electrons. The van der Waals surface area contributed by atoms with Crippen LogP contribution in [0.25, 0.3) is 0 Å². The van der Waals surface area contributed by atoms with E-state index in [4.69, 9.17) is 0 Å². The molecule has 0 aliphatic heterocycles. The second-order valence-corrected chi connectivity index (χ2v) is 5.43. The lowest BCUT2D eigenvalue weighted by atomic mass is 10.1. The summed E-state index contributed by atoms with van der Waals surface area (Å²) < 4.78 is 65.8. The number of nitrogens with one attached hydrogen (secondary N) is 1. The summed E-state index contributed by atoms with van der Waals surface area (Å²) in [5, 5.41) is 34.1. The molecule has 0 heterocycles. The zero-order valence-electron chi connectivity index (χ0n) is 13.5. The first-order valence-electron chi connectivity index (χ1n) is 7.33. The highest BCUT2D eigenvalue weighted by molar-refractivity contribution is 5.75. The van der Waals surface area contributed by atoms with Gasteiger partial charge in [0.15, 0.2) is 5.69 Å². The van der Waals surface area contributed by atoms with Gasteiger partial charge < -0.3 is 10.4 Å². The van der Waals surface area contributed by atoms with Gasteiger partial charge in [0.05, 0.1) is 21.0 Å². The molecule has 0 bridgehead atoms. The highest BCUT2D eigenvalue weighted by Crippen LogP contribution is 2.41. The van der Waals surface area contributed by atoms with E-state index in [-0.39, 0.29) is 12.1 Å². The Labute approximate surface area is 152 Å². The summed E-state index contributed by atoms with van der Waals surface area (Å²) in [6.07, 6.45) is -7.04. The van der Waals surface area contributed by atoms with Crippen LogP contribution in [0.15, 0.2) is 30.3 Å². The fourth-order valence-electron chi connectivity index (χ4n) is 2.37. The molecule has 0 spiro atoms. The third-order valence-electron chi connectivity index (χ3n) is 3.62. The average molecular weight is 407 g/mol. The highest BCUT2D eigenvalue weighted by atomic mass is 19.4. The monoisotopic (exact) mass is 407 g/mol. The normalized spacial score (nSPS) is 12.5. The Morgan fingerprint density at radius 1 is 1.04 bits per heavy atom. The van der Waals surface area contributed by atoms with Gasteiger partial charge >= 0.3 is 6.18 Å². The molecule has 1 unspecified atom stereocenters. The summed E-state index contributed by atoms with van der Waals surface area (Å²) in [4.78, 5) is 19.6. The Bertz CT molecular complexity index is 880. The maximum atomic E-state index is 13.7. The lowest BCUT2D eigenvalue weighted by Crippen LogP contribution is -2.17. The smallest absolute Gasteiger partial charge is 0.386 e. The molecule has 0 aliphatic carbocycles. The number of nitro groups is 2. The van der Waals surface area contributed by atoms with Crippen molar-refractivity contribution in [1.82, 2.24) is 0 Å². The number of hydrogen-bond donors (Lipinski definition) is 2. The van der Waals surface area contributed by atoms with Crippen LogP contribution in [0.5, 0.6) is 0 Å². The Kier molecular flexibility index (Phi) is 5.78. The molecule has 28 heavy (non-hydrogen) atoms. The molecule has 8 nitrogen and oxygen atoms in total. The van der Waals surface area contributed by atoms with Gasteiger partial charge in [-0.25, -0.2) is 8.78 Å². The van der Waals surface area contributed by atoms with Gasteiger partial charge in [0.2, 0.25) is 0 Å². The predicted octanol–water partition coefficient (Wildman–Crippen LogP) is 3.95. The van der Waals surface area contributed by atoms with Crippen molar-refractivity contribution in [2.45, 2.75) is 12.3 Å². The van der Waals surface area contributed by atoms with Gasteiger partial charge in [-0.2, -0.15) is 13.2 Å². The van der Waals surface area contributed by atoms with Crippen LogP contribution in [0, 0.1) is 31.9 Å². The van der Waals surface area contributed by atoms with Gasteiger partial charge in [0.25, 0.3) is 11.4 Å². The Morgan fingerprint density at radius 3 is 1.89 bits per heavy atom. The number of aliphatic hydroxyl groups excluding tert-OH is 1. The fraction of sp³-hybridized carbons (Fsp3) is 0.200. The van der Waals surface area contributed by atoms with Crippen LogP contribution in [0.3, 0.4) is 0 Å². The Hall–Kier alpha value is -3.35. The summed E-state index contributed by atoms with van der Waals surface area (Å²) in [7, 11) is 0. The predicted molar refractivity (Wildman–Crippen MR) is 84.6 cm³/mol. The second-order valence-electron chi connectivity index (χ2n) is 5.43. The summed E-state index contributed by atoms with van der Waals surface area (Å²) in [6.45, 7) is -0.856. The Morgan fingerprint density at radius 2 is 1.50 bits per heavy atom. The van der Waals surface area contributed by atoms with Crippen molar-refractivity contribution in [3.05, 3.63) is 73.3 Å². The van der Waals surface area contributed by atoms with Gasteiger partial charge in [0, 0.05) is 18.7 Å². The first-order valence-corrected chi connectivity index (χ1v) is 7.33. The van der Waals surface area contributed by atoms with Crippen molar-refractivity contribution in [1.29, 1.82) is 0 Å². The van der Waals surface area contributed by atoms with Gasteiger partial charge in [0.1, 0.15) is 17.7 Å². The number of nitro benzene ring substituents is 2. The summed E-state index contributed by atoms with van der Waals surface area (Å²) in [6, 6.07) is 2.81. The molecule has 0 radical (unpaired) electrons. The first kappa shape index (κ1) is 21.0. The highest BCUT2D eigenvalue weighted by Gasteiger charge is 2.37. The molecule has 0 amide bonds. The number of hydrogen-bond acceptors (Lipinski definition) is 6. The number of halogens is 5. The summed E-state index contributed by atoms with van der Waals surface area (Å²) in [5.41, 5.74) is -5.96. The van der Waals surface area contributed by atoms with Crippen molar-refractivity contribution in [3.8, 4) is 0 Å². The number of anilines is 1. The van der Waals surface area contributed by atoms with Crippen LogP contribution in [0.4, 0.5) is 39.0 Å². The topological polar surface area (TPSA) is 119 Å². The lowest BCUT2D eigenvalue weighted by Gasteiger charge is -2.15. The molecule has 13 heteroatoms. The molecule has 0 aromatic heterocycles. The SMILES string of the molecule is O=[N+]([O-])c1cc(C(F)(F)F)cc([N+](=O)[O-])c1NCC(O)c1c(F)cccc1F.